The smallest absolute Gasteiger partial charge is 0.289 e. The minimum Gasteiger partial charge on any atom is -0.494 e. The fraction of sp³-hybridized carbons (Fsp3) is 0.0909. The highest BCUT2D eigenvalue weighted by molar-refractivity contribution is 8.18. The van der Waals surface area contributed by atoms with Gasteiger partial charge in [-0.15, -0.1) is 0 Å². The number of nitrogens with zero attached hydrogens (tertiary/aromatic N) is 1. The van der Waals surface area contributed by atoms with Gasteiger partial charge in [-0.2, -0.15) is 0 Å². The molecule has 1 saturated heterocycles. The van der Waals surface area contributed by atoms with Crippen molar-refractivity contribution < 1.29 is 13.9 Å². The maximum atomic E-state index is 11.9. The summed E-state index contributed by atoms with van der Waals surface area (Å²) in [6.07, 6.45) is 1.76. The molecule has 1 fully saturated rings. The van der Waals surface area contributed by atoms with Crippen molar-refractivity contribution in [2.75, 3.05) is 6.61 Å². The lowest BCUT2D eigenvalue weighted by Gasteiger charge is -2.03. The van der Waals surface area contributed by atoms with Crippen LogP contribution in [-0.4, -0.2) is 17.7 Å². The first-order chi connectivity index (χ1) is 14.5. The van der Waals surface area contributed by atoms with Gasteiger partial charge in [-0.05, 0) is 73.3 Å². The van der Waals surface area contributed by atoms with E-state index in [2.05, 4.69) is 10.3 Å². The highest BCUT2D eigenvalue weighted by atomic mass is 35.5. The predicted molar refractivity (Wildman–Crippen MR) is 123 cm³/mol. The molecule has 1 amide bonds. The number of aliphatic imine (C=N–C) groups is 1. The second-order valence-corrected chi connectivity index (χ2v) is 8.01. The van der Waals surface area contributed by atoms with Crippen molar-refractivity contribution in [1.82, 2.24) is 5.32 Å². The van der Waals surface area contributed by atoms with Gasteiger partial charge in [0.25, 0.3) is 5.24 Å². The van der Waals surface area contributed by atoms with Gasteiger partial charge in [0.05, 0.1) is 27.2 Å². The molecule has 0 bridgehead atoms. The lowest BCUT2D eigenvalue weighted by atomic mass is 10.2. The number of ether oxygens (including phenoxy) is 1. The second-order valence-electron chi connectivity index (χ2n) is 6.21. The van der Waals surface area contributed by atoms with Gasteiger partial charge in [-0.1, -0.05) is 29.3 Å². The van der Waals surface area contributed by atoms with Crippen LogP contribution >= 0.6 is 35.0 Å². The summed E-state index contributed by atoms with van der Waals surface area (Å²) in [6.45, 7) is 2.52. The van der Waals surface area contributed by atoms with Crippen LogP contribution in [0.1, 0.15) is 12.7 Å². The maximum absolute atomic E-state index is 11.9. The van der Waals surface area contributed by atoms with Crippen LogP contribution in [0.15, 0.2) is 68.9 Å². The number of carbonyl (C=O) groups excluding carboxylic acids is 1. The Morgan fingerprint density at radius 2 is 1.93 bits per heavy atom. The molecule has 4 rings (SSSR count). The molecule has 0 saturated carbocycles. The first-order valence-corrected chi connectivity index (χ1v) is 10.7. The largest absolute Gasteiger partial charge is 0.494 e. The van der Waals surface area contributed by atoms with Gasteiger partial charge in [0.1, 0.15) is 23.1 Å². The molecule has 2 heterocycles. The summed E-state index contributed by atoms with van der Waals surface area (Å²) >= 11 is 13.4. The lowest BCUT2D eigenvalue weighted by Crippen LogP contribution is -2.18. The summed E-state index contributed by atoms with van der Waals surface area (Å²) in [5.41, 5.74) is 1.40. The van der Waals surface area contributed by atoms with Crippen molar-refractivity contribution in [1.29, 1.82) is 0 Å². The highest BCUT2D eigenvalue weighted by Crippen LogP contribution is 2.35. The van der Waals surface area contributed by atoms with Crippen molar-refractivity contribution >= 4 is 57.8 Å². The van der Waals surface area contributed by atoms with E-state index in [1.54, 1.807) is 24.3 Å². The summed E-state index contributed by atoms with van der Waals surface area (Å²) in [5, 5.41) is 3.45. The third-order valence-electron chi connectivity index (χ3n) is 4.16. The molecule has 8 heteroatoms. The lowest BCUT2D eigenvalue weighted by molar-refractivity contribution is 0.265. The number of amidine groups is 1. The van der Waals surface area contributed by atoms with E-state index in [1.165, 1.54) is 0 Å². The zero-order valence-corrected chi connectivity index (χ0v) is 18.1. The molecule has 1 N–H and O–H groups in total. The van der Waals surface area contributed by atoms with Crippen molar-refractivity contribution in [2.24, 2.45) is 4.99 Å². The number of furan rings is 1. The highest BCUT2D eigenvalue weighted by Gasteiger charge is 2.24. The number of rotatable bonds is 5. The molecule has 1 aliphatic rings. The van der Waals surface area contributed by atoms with E-state index >= 15 is 0 Å². The summed E-state index contributed by atoms with van der Waals surface area (Å²) in [6, 6.07) is 16.3. The Morgan fingerprint density at radius 3 is 2.70 bits per heavy atom. The Morgan fingerprint density at radius 1 is 1.13 bits per heavy atom. The van der Waals surface area contributed by atoms with Crippen molar-refractivity contribution in [2.45, 2.75) is 6.92 Å². The Hall–Kier alpha value is -2.67. The fourth-order valence-corrected chi connectivity index (χ4v) is 3.93. The Labute approximate surface area is 187 Å². The van der Waals surface area contributed by atoms with E-state index in [1.807, 2.05) is 43.3 Å². The molecule has 5 nitrogen and oxygen atoms in total. The molecule has 2 aromatic carbocycles. The molecule has 0 radical (unpaired) electrons. The van der Waals surface area contributed by atoms with Gasteiger partial charge >= 0.3 is 0 Å². The monoisotopic (exact) mass is 458 g/mol. The van der Waals surface area contributed by atoms with Crippen LogP contribution in [0.25, 0.3) is 17.4 Å². The number of carbonyl (C=O) groups is 1. The van der Waals surface area contributed by atoms with Crippen molar-refractivity contribution in [3.8, 4) is 17.1 Å². The zero-order valence-electron chi connectivity index (χ0n) is 15.8. The van der Waals surface area contributed by atoms with Crippen molar-refractivity contribution in [3.05, 3.63) is 75.3 Å². The van der Waals surface area contributed by atoms with Gasteiger partial charge in [0.15, 0.2) is 0 Å². The average Bonchev–Trinajstić information content (AvgIpc) is 3.32. The molecule has 0 aliphatic carbocycles. The molecule has 30 heavy (non-hydrogen) atoms. The van der Waals surface area contributed by atoms with Crippen LogP contribution in [0.2, 0.25) is 10.0 Å². The first kappa shape index (κ1) is 20.6. The first-order valence-electron chi connectivity index (χ1n) is 9.10. The molecule has 1 aliphatic heterocycles. The average molecular weight is 459 g/mol. The predicted octanol–water partition coefficient (Wildman–Crippen LogP) is 7.18. The Bertz CT molecular complexity index is 1150. The number of hydrogen-bond donors (Lipinski definition) is 1. The molecule has 0 spiro atoms. The third kappa shape index (κ3) is 4.56. The Balaban J connectivity index is 1.61. The van der Waals surface area contributed by atoms with E-state index in [9.17, 15) is 4.79 Å². The fourth-order valence-electron chi connectivity index (χ4n) is 2.82. The summed E-state index contributed by atoms with van der Waals surface area (Å²) in [4.78, 5) is 17.1. The number of thioether (sulfide) groups is 1. The van der Waals surface area contributed by atoms with E-state index in [0.717, 1.165) is 17.5 Å². The Kier molecular flexibility index (Phi) is 6.18. The van der Waals surface area contributed by atoms with Crippen molar-refractivity contribution in [3.63, 3.8) is 0 Å². The van der Waals surface area contributed by atoms with Crippen LogP contribution in [-0.2, 0) is 0 Å². The minimum absolute atomic E-state index is 0.199. The minimum atomic E-state index is -0.199. The topological polar surface area (TPSA) is 63.8 Å². The molecule has 0 atom stereocenters. The summed E-state index contributed by atoms with van der Waals surface area (Å²) in [7, 11) is 0. The van der Waals surface area contributed by atoms with Gasteiger partial charge < -0.3 is 14.5 Å². The number of nitrogens with one attached hydrogen (secondary N) is 1. The van der Waals surface area contributed by atoms with Crippen LogP contribution in [0.4, 0.5) is 10.5 Å². The molecule has 152 valence electrons. The number of benzene rings is 2. The number of hydrogen-bond acceptors (Lipinski definition) is 5. The maximum Gasteiger partial charge on any atom is 0.289 e. The van der Waals surface area contributed by atoms with E-state index in [4.69, 9.17) is 32.4 Å². The van der Waals surface area contributed by atoms with Crippen LogP contribution < -0.4 is 10.1 Å². The molecular formula is C22H16Cl2N2O3S. The number of amides is 1. The molecular weight excluding hydrogens is 443 g/mol. The van der Waals surface area contributed by atoms with E-state index in [0.29, 0.717) is 50.2 Å². The summed E-state index contributed by atoms with van der Waals surface area (Å²) < 4.78 is 11.3. The number of halogens is 2. The summed E-state index contributed by atoms with van der Waals surface area (Å²) in [5.74, 6) is 2.39. The molecule has 0 unspecified atom stereocenters. The quantitative estimate of drug-likeness (QED) is 0.439. The second kappa shape index (κ2) is 9.00. The van der Waals surface area contributed by atoms with Gasteiger partial charge in [0, 0.05) is 5.56 Å². The van der Waals surface area contributed by atoms with Gasteiger partial charge in [-0.25, -0.2) is 4.99 Å². The third-order valence-corrected chi connectivity index (χ3v) is 5.80. The van der Waals surface area contributed by atoms with Crippen LogP contribution in [0, 0.1) is 0 Å². The standard InChI is InChI=1S/C22H16Cl2N2O3S/c1-2-28-14-8-6-13(7-9-14)25-21-19(30-22(27)26-21)12-15-10-11-18(29-15)16-4-3-5-17(23)20(16)24/h3-12H,2H2,1H3,(H,25,26,27). The van der Waals surface area contributed by atoms with Crippen LogP contribution in [0.5, 0.6) is 5.75 Å². The molecule has 3 aromatic rings. The van der Waals surface area contributed by atoms with E-state index in [-0.39, 0.29) is 5.24 Å². The van der Waals surface area contributed by atoms with E-state index < -0.39 is 0 Å². The van der Waals surface area contributed by atoms with Crippen LogP contribution in [0.3, 0.4) is 0 Å². The SMILES string of the molecule is CCOc1ccc(N=C2NC(=O)SC2=Cc2ccc(-c3cccc(Cl)c3Cl)o2)cc1. The van der Waals surface area contributed by atoms with Gasteiger partial charge in [0.2, 0.25) is 0 Å². The normalized spacial score (nSPS) is 16.3. The molecule has 1 aromatic heterocycles. The van der Waals surface area contributed by atoms with Gasteiger partial charge in [-0.3, -0.25) is 4.79 Å². The zero-order chi connectivity index (χ0) is 21.1.